The molecule has 0 unspecified atom stereocenters. The van der Waals surface area contributed by atoms with E-state index in [0.717, 1.165) is 12.8 Å². The molecule has 9 heavy (non-hydrogen) atoms. The highest BCUT2D eigenvalue weighted by Gasteiger charge is 2.19. The summed E-state index contributed by atoms with van der Waals surface area (Å²) in [6.45, 7) is 1.97. The van der Waals surface area contributed by atoms with Crippen LogP contribution in [0.2, 0.25) is 0 Å². The molecule has 0 radical (unpaired) electrons. The third-order valence-corrected chi connectivity index (χ3v) is 1.10. The Bertz CT molecular complexity index is 67.9. The molecule has 2 nitrogen and oxygen atoms in total. The van der Waals surface area contributed by atoms with Crippen molar-refractivity contribution in [3.05, 3.63) is 0 Å². The molecule has 56 valence electrons. The van der Waals surface area contributed by atoms with E-state index in [4.69, 9.17) is 10.2 Å². The van der Waals surface area contributed by atoms with Crippen molar-refractivity contribution >= 4 is 0 Å². The van der Waals surface area contributed by atoms with Gasteiger partial charge in [0.05, 0.1) is 0 Å². The van der Waals surface area contributed by atoms with E-state index in [1.165, 1.54) is 0 Å². The maximum absolute atomic E-state index is 11.8. The van der Waals surface area contributed by atoms with Gasteiger partial charge in [-0.25, -0.2) is 0 Å². The molecule has 0 aliphatic rings. The Morgan fingerprint density at radius 3 is 2.22 bits per heavy atom. The van der Waals surface area contributed by atoms with Gasteiger partial charge in [-0.1, -0.05) is 19.8 Å². The van der Waals surface area contributed by atoms with Crippen molar-refractivity contribution in [2.45, 2.75) is 38.6 Å². The predicted molar refractivity (Wildman–Crippen MR) is 32.4 cm³/mol. The molecule has 0 rings (SSSR count). The largest absolute Gasteiger partial charge is 0.340 e. The highest BCUT2D eigenvalue weighted by molar-refractivity contribution is 4.47. The van der Waals surface area contributed by atoms with Crippen molar-refractivity contribution in [2.24, 2.45) is 0 Å². The minimum Gasteiger partial charge on any atom is -0.340 e. The summed E-state index contributed by atoms with van der Waals surface area (Å²) < 4.78 is 11.8. The van der Waals surface area contributed by atoms with Crippen LogP contribution in [0.3, 0.4) is 0 Å². The van der Waals surface area contributed by atoms with Crippen LogP contribution in [0.15, 0.2) is 0 Å². The van der Waals surface area contributed by atoms with Crippen LogP contribution in [0, 0.1) is 0 Å². The van der Waals surface area contributed by atoms with Crippen LogP contribution in [0.25, 0.3) is 0 Å². The normalized spacial score (nSPS) is 12.0. The highest BCUT2D eigenvalue weighted by atomic mass is 19.2. The van der Waals surface area contributed by atoms with Gasteiger partial charge in [-0.2, -0.15) is 4.39 Å². The van der Waals surface area contributed by atoms with Crippen molar-refractivity contribution in [1.29, 1.82) is 0 Å². The molecule has 0 aliphatic heterocycles. The Hall–Kier alpha value is -0.150. The smallest absolute Gasteiger partial charge is 0.315 e. The topological polar surface area (TPSA) is 40.5 Å². The number of hydrogen-bond acceptors (Lipinski definition) is 2. The van der Waals surface area contributed by atoms with Gasteiger partial charge in [0.2, 0.25) is 0 Å². The van der Waals surface area contributed by atoms with Crippen LogP contribution in [0.5, 0.6) is 0 Å². The van der Waals surface area contributed by atoms with Gasteiger partial charge < -0.3 is 10.2 Å². The number of hydrogen-bond donors (Lipinski definition) is 2. The predicted octanol–water partition coefficient (Wildman–Crippen LogP) is 1.17. The van der Waals surface area contributed by atoms with Crippen molar-refractivity contribution in [1.82, 2.24) is 0 Å². The first kappa shape index (κ1) is 8.85. The van der Waals surface area contributed by atoms with Crippen LogP contribution in [0.4, 0.5) is 4.39 Å². The average Bonchev–Trinajstić information content (AvgIpc) is 1.63. The SMILES string of the molecule is CCCCCC(O)(O)F. The lowest BCUT2D eigenvalue weighted by Crippen LogP contribution is -2.20. The lowest BCUT2D eigenvalue weighted by Gasteiger charge is -2.09. The summed E-state index contributed by atoms with van der Waals surface area (Å²) in [7, 11) is 0. The van der Waals surface area contributed by atoms with E-state index in [0.29, 0.717) is 6.42 Å². The van der Waals surface area contributed by atoms with Crippen molar-refractivity contribution in [3.8, 4) is 0 Å². The fraction of sp³-hybridized carbons (Fsp3) is 1.00. The third kappa shape index (κ3) is 7.85. The summed E-state index contributed by atoms with van der Waals surface area (Å²) >= 11 is 0. The molecular formula is C6H13FO2. The molecule has 2 N–H and O–H groups in total. The van der Waals surface area contributed by atoms with E-state index in [9.17, 15) is 4.39 Å². The molecule has 0 atom stereocenters. The first-order valence-corrected chi connectivity index (χ1v) is 3.20. The Morgan fingerprint density at radius 1 is 1.33 bits per heavy atom. The van der Waals surface area contributed by atoms with E-state index in [1.807, 2.05) is 6.92 Å². The van der Waals surface area contributed by atoms with E-state index in [-0.39, 0.29) is 6.42 Å². The van der Waals surface area contributed by atoms with Gasteiger partial charge in [0.15, 0.2) is 0 Å². The van der Waals surface area contributed by atoms with E-state index >= 15 is 0 Å². The number of rotatable bonds is 4. The molecule has 0 fully saturated rings. The zero-order valence-electron chi connectivity index (χ0n) is 5.60. The standard InChI is InChI=1S/C6H13FO2/c1-2-3-4-5-6(7,8)9/h8-9H,2-5H2,1H3. The molecule has 0 saturated heterocycles. The first-order chi connectivity index (χ1) is 4.06. The Labute approximate surface area is 54.3 Å². The zero-order chi connectivity index (χ0) is 7.33. The molecule has 0 spiro atoms. The van der Waals surface area contributed by atoms with Gasteiger partial charge in [-0.05, 0) is 6.42 Å². The second-order valence-electron chi connectivity index (χ2n) is 2.18. The number of unbranched alkanes of at least 4 members (excludes halogenated alkanes) is 2. The lowest BCUT2D eigenvalue weighted by atomic mass is 10.2. The molecule has 0 amide bonds. The minimum atomic E-state index is -2.95. The van der Waals surface area contributed by atoms with Gasteiger partial charge in [0.1, 0.15) is 0 Å². The summed E-state index contributed by atoms with van der Waals surface area (Å²) in [5, 5.41) is 16.3. The van der Waals surface area contributed by atoms with Gasteiger partial charge in [-0.3, -0.25) is 0 Å². The van der Waals surface area contributed by atoms with E-state index in [1.54, 1.807) is 0 Å². The molecule has 0 aromatic rings. The molecule has 0 aliphatic carbocycles. The number of aliphatic hydroxyl groups is 2. The third-order valence-electron chi connectivity index (χ3n) is 1.10. The summed E-state index contributed by atoms with van der Waals surface area (Å²) in [6, 6.07) is -2.95. The first-order valence-electron chi connectivity index (χ1n) is 3.20. The van der Waals surface area contributed by atoms with Crippen LogP contribution in [-0.2, 0) is 0 Å². The minimum absolute atomic E-state index is 0.180. The molecule has 0 bridgehead atoms. The fourth-order valence-electron chi connectivity index (χ4n) is 0.600. The summed E-state index contributed by atoms with van der Waals surface area (Å²) in [6.07, 6.45) is 2.14. The Kier molecular flexibility index (Phi) is 3.73. The number of alkyl halides is 1. The monoisotopic (exact) mass is 136 g/mol. The van der Waals surface area contributed by atoms with E-state index < -0.39 is 6.04 Å². The van der Waals surface area contributed by atoms with Crippen LogP contribution < -0.4 is 0 Å². The second-order valence-corrected chi connectivity index (χ2v) is 2.18. The summed E-state index contributed by atoms with van der Waals surface area (Å²) in [5.74, 6) is 0. The molecule has 0 heterocycles. The van der Waals surface area contributed by atoms with Crippen molar-refractivity contribution < 1.29 is 14.6 Å². The maximum atomic E-state index is 11.8. The van der Waals surface area contributed by atoms with Gasteiger partial charge in [-0.15, -0.1) is 0 Å². The summed E-state index contributed by atoms with van der Waals surface area (Å²) in [5.41, 5.74) is 0. The van der Waals surface area contributed by atoms with Gasteiger partial charge in [0, 0.05) is 6.42 Å². The Morgan fingerprint density at radius 2 is 1.89 bits per heavy atom. The van der Waals surface area contributed by atoms with Crippen LogP contribution >= 0.6 is 0 Å². The van der Waals surface area contributed by atoms with Gasteiger partial charge >= 0.3 is 6.04 Å². The molecule has 0 aromatic heterocycles. The molecule has 0 aromatic carbocycles. The van der Waals surface area contributed by atoms with Crippen LogP contribution in [-0.4, -0.2) is 16.3 Å². The van der Waals surface area contributed by atoms with Crippen molar-refractivity contribution in [2.75, 3.05) is 0 Å². The van der Waals surface area contributed by atoms with Gasteiger partial charge in [0.25, 0.3) is 0 Å². The van der Waals surface area contributed by atoms with E-state index in [2.05, 4.69) is 0 Å². The fourth-order valence-corrected chi connectivity index (χ4v) is 0.600. The average molecular weight is 136 g/mol. The quantitative estimate of drug-likeness (QED) is 0.450. The highest BCUT2D eigenvalue weighted by Crippen LogP contribution is 2.12. The second kappa shape index (κ2) is 3.80. The molecule has 3 heteroatoms. The summed E-state index contributed by atoms with van der Waals surface area (Å²) in [4.78, 5) is 0. The number of halogens is 1. The molecular weight excluding hydrogens is 123 g/mol. The Balaban J connectivity index is 3.07. The maximum Gasteiger partial charge on any atom is 0.315 e. The molecule has 0 saturated carbocycles. The van der Waals surface area contributed by atoms with Crippen molar-refractivity contribution in [3.63, 3.8) is 0 Å². The van der Waals surface area contributed by atoms with Crippen LogP contribution in [0.1, 0.15) is 32.6 Å². The zero-order valence-corrected chi connectivity index (χ0v) is 5.60. The lowest BCUT2D eigenvalue weighted by molar-refractivity contribution is -0.262.